The normalized spacial score (nSPS) is 30.1. The molecule has 0 radical (unpaired) electrons. The quantitative estimate of drug-likeness (QED) is 0.798. The van der Waals surface area contributed by atoms with Crippen molar-refractivity contribution in [1.82, 2.24) is 5.32 Å². The maximum atomic E-state index is 12.2. The van der Waals surface area contributed by atoms with Gasteiger partial charge in [0.25, 0.3) is 0 Å². The number of nitrogens with two attached hydrogens (primary N) is 1. The minimum absolute atomic E-state index is 0.221. The second kappa shape index (κ2) is 7.10. The van der Waals surface area contributed by atoms with Crippen LogP contribution in [0.15, 0.2) is 0 Å². The fraction of sp³-hybridized carbons (Fsp3) is 0.929. The largest absolute Gasteiger partial charge is 0.381 e. The number of amides is 1. The first kappa shape index (κ1) is 13.8. The van der Waals surface area contributed by atoms with E-state index in [1.807, 2.05) is 0 Å². The van der Waals surface area contributed by atoms with Crippen LogP contribution in [0.5, 0.6) is 0 Å². The van der Waals surface area contributed by atoms with Gasteiger partial charge in [-0.2, -0.15) is 0 Å². The number of ether oxygens (including phenoxy) is 1. The first-order valence-corrected chi connectivity index (χ1v) is 7.37. The lowest BCUT2D eigenvalue weighted by Crippen LogP contribution is -2.43. The van der Waals surface area contributed by atoms with Crippen LogP contribution in [0.1, 0.15) is 44.9 Å². The van der Waals surface area contributed by atoms with E-state index in [-0.39, 0.29) is 11.8 Å². The predicted molar refractivity (Wildman–Crippen MR) is 71.1 cm³/mol. The van der Waals surface area contributed by atoms with Crippen LogP contribution in [0, 0.1) is 11.8 Å². The van der Waals surface area contributed by atoms with Crippen molar-refractivity contribution in [1.29, 1.82) is 0 Å². The summed E-state index contributed by atoms with van der Waals surface area (Å²) in [7, 11) is 0. The zero-order valence-electron chi connectivity index (χ0n) is 11.2. The molecular formula is C14H26N2O2. The van der Waals surface area contributed by atoms with Crippen LogP contribution < -0.4 is 11.1 Å². The standard InChI is InChI=1S/C14H26N2O2/c15-7-4-11-2-1-3-12(10-11)14(17)16-13-5-8-18-9-6-13/h11-13H,1-10,15H2,(H,16,17). The maximum Gasteiger partial charge on any atom is 0.223 e. The van der Waals surface area contributed by atoms with Crippen LogP contribution in [0.4, 0.5) is 0 Å². The summed E-state index contributed by atoms with van der Waals surface area (Å²) in [4.78, 5) is 12.2. The molecule has 0 aromatic rings. The van der Waals surface area contributed by atoms with E-state index >= 15 is 0 Å². The molecule has 1 saturated heterocycles. The van der Waals surface area contributed by atoms with Crippen molar-refractivity contribution >= 4 is 5.91 Å². The van der Waals surface area contributed by atoms with Gasteiger partial charge in [0.15, 0.2) is 0 Å². The predicted octanol–water partition coefficient (Wildman–Crippen LogP) is 1.44. The lowest BCUT2D eigenvalue weighted by molar-refractivity contribution is -0.127. The lowest BCUT2D eigenvalue weighted by Gasteiger charge is -2.30. The minimum Gasteiger partial charge on any atom is -0.381 e. The van der Waals surface area contributed by atoms with Gasteiger partial charge in [-0.25, -0.2) is 0 Å². The van der Waals surface area contributed by atoms with Gasteiger partial charge < -0.3 is 15.8 Å². The first-order valence-electron chi connectivity index (χ1n) is 7.37. The summed E-state index contributed by atoms with van der Waals surface area (Å²) < 4.78 is 5.31. The molecule has 1 aliphatic heterocycles. The molecule has 18 heavy (non-hydrogen) atoms. The van der Waals surface area contributed by atoms with Gasteiger partial charge >= 0.3 is 0 Å². The van der Waals surface area contributed by atoms with Crippen LogP contribution in [0.2, 0.25) is 0 Å². The van der Waals surface area contributed by atoms with Crippen molar-refractivity contribution in [2.24, 2.45) is 17.6 Å². The highest BCUT2D eigenvalue weighted by atomic mass is 16.5. The summed E-state index contributed by atoms with van der Waals surface area (Å²) in [5.74, 6) is 1.15. The second-order valence-corrected chi connectivity index (χ2v) is 5.70. The smallest absolute Gasteiger partial charge is 0.223 e. The molecule has 2 aliphatic rings. The molecule has 4 nitrogen and oxygen atoms in total. The molecule has 2 atom stereocenters. The van der Waals surface area contributed by atoms with Crippen molar-refractivity contribution < 1.29 is 9.53 Å². The Bertz CT molecular complexity index is 263. The van der Waals surface area contributed by atoms with Crippen molar-refractivity contribution in [3.63, 3.8) is 0 Å². The Morgan fingerprint density at radius 3 is 2.72 bits per heavy atom. The fourth-order valence-electron chi connectivity index (χ4n) is 3.19. The molecule has 3 N–H and O–H groups in total. The zero-order valence-corrected chi connectivity index (χ0v) is 11.2. The number of nitrogens with one attached hydrogen (secondary N) is 1. The molecule has 0 bridgehead atoms. The summed E-state index contributed by atoms with van der Waals surface area (Å²) in [6.45, 7) is 2.32. The molecule has 1 heterocycles. The van der Waals surface area contributed by atoms with Gasteiger partial charge in [0.2, 0.25) is 5.91 Å². The molecule has 1 amide bonds. The van der Waals surface area contributed by atoms with Crippen LogP contribution in [-0.4, -0.2) is 31.7 Å². The topological polar surface area (TPSA) is 64.4 Å². The second-order valence-electron chi connectivity index (χ2n) is 5.70. The van der Waals surface area contributed by atoms with Crippen molar-refractivity contribution in [2.45, 2.75) is 51.0 Å². The third-order valence-electron chi connectivity index (χ3n) is 4.30. The number of hydrogen-bond acceptors (Lipinski definition) is 3. The Labute approximate surface area is 110 Å². The maximum absolute atomic E-state index is 12.2. The Balaban J connectivity index is 1.76. The highest BCUT2D eigenvalue weighted by Gasteiger charge is 2.28. The van der Waals surface area contributed by atoms with Gasteiger partial charge in [0.05, 0.1) is 0 Å². The van der Waals surface area contributed by atoms with Crippen molar-refractivity contribution in [3.05, 3.63) is 0 Å². The van der Waals surface area contributed by atoms with E-state index in [0.717, 1.165) is 51.9 Å². The molecule has 4 heteroatoms. The van der Waals surface area contributed by atoms with E-state index in [0.29, 0.717) is 12.0 Å². The monoisotopic (exact) mass is 254 g/mol. The molecule has 104 valence electrons. The van der Waals surface area contributed by atoms with E-state index in [9.17, 15) is 4.79 Å². The molecule has 1 aliphatic carbocycles. The van der Waals surface area contributed by atoms with Crippen LogP contribution in [-0.2, 0) is 9.53 Å². The Morgan fingerprint density at radius 1 is 1.22 bits per heavy atom. The summed E-state index contributed by atoms with van der Waals surface area (Å²) in [5.41, 5.74) is 5.62. The Kier molecular flexibility index (Phi) is 5.45. The number of rotatable bonds is 4. The molecular weight excluding hydrogens is 228 g/mol. The molecule has 0 aromatic carbocycles. The third kappa shape index (κ3) is 3.95. The number of carbonyl (C=O) groups is 1. The lowest BCUT2D eigenvalue weighted by atomic mass is 9.79. The van der Waals surface area contributed by atoms with Gasteiger partial charge in [-0.15, -0.1) is 0 Å². The summed E-state index contributed by atoms with van der Waals surface area (Å²) in [6, 6.07) is 0.334. The van der Waals surface area contributed by atoms with Gasteiger partial charge in [-0.1, -0.05) is 12.8 Å². The van der Waals surface area contributed by atoms with Crippen LogP contribution in [0.3, 0.4) is 0 Å². The zero-order chi connectivity index (χ0) is 12.8. The van der Waals surface area contributed by atoms with E-state index in [1.165, 1.54) is 12.8 Å². The first-order chi connectivity index (χ1) is 8.79. The average Bonchev–Trinajstić information content (AvgIpc) is 2.40. The Morgan fingerprint density at radius 2 is 2.00 bits per heavy atom. The van der Waals surface area contributed by atoms with Crippen LogP contribution in [0.25, 0.3) is 0 Å². The van der Waals surface area contributed by atoms with E-state index in [4.69, 9.17) is 10.5 Å². The molecule has 0 spiro atoms. The highest BCUT2D eigenvalue weighted by molar-refractivity contribution is 5.79. The van der Waals surface area contributed by atoms with Gasteiger partial charge in [0.1, 0.15) is 0 Å². The summed E-state index contributed by atoms with van der Waals surface area (Å²) >= 11 is 0. The van der Waals surface area contributed by atoms with E-state index in [2.05, 4.69) is 5.32 Å². The average molecular weight is 254 g/mol. The van der Waals surface area contributed by atoms with Gasteiger partial charge in [0, 0.05) is 25.2 Å². The van der Waals surface area contributed by atoms with Crippen LogP contribution >= 0.6 is 0 Å². The molecule has 2 fully saturated rings. The minimum atomic E-state index is 0.221. The summed E-state index contributed by atoms with van der Waals surface area (Å²) in [6.07, 6.45) is 7.51. The summed E-state index contributed by atoms with van der Waals surface area (Å²) in [5, 5.41) is 3.20. The fourth-order valence-corrected chi connectivity index (χ4v) is 3.19. The molecule has 1 saturated carbocycles. The molecule has 2 unspecified atom stereocenters. The molecule has 2 rings (SSSR count). The van der Waals surface area contributed by atoms with Crippen molar-refractivity contribution in [3.8, 4) is 0 Å². The number of hydrogen-bond donors (Lipinski definition) is 2. The van der Waals surface area contributed by atoms with Gasteiger partial charge in [-0.05, 0) is 44.6 Å². The third-order valence-corrected chi connectivity index (χ3v) is 4.30. The SMILES string of the molecule is NCCC1CCCC(C(=O)NC2CCOCC2)C1. The van der Waals surface area contributed by atoms with Crippen molar-refractivity contribution in [2.75, 3.05) is 19.8 Å². The Hall–Kier alpha value is -0.610. The number of carbonyl (C=O) groups excluding carboxylic acids is 1. The van der Waals surface area contributed by atoms with E-state index < -0.39 is 0 Å². The highest BCUT2D eigenvalue weighted by Crippen LogP contribution is 2.31. The van der Waals surface area contributed by atoms with E-state index in [1.54, 1.807) is 0 Å². The molecule has 0 aromatic heterocycles. The van der Waals surface area contributed by atoms with Gasteiger partial charge in [-0.3, -0.25) is 4.79 Å².